The summed E-state index contributed by atoms with van der Waals surface area (Å²) in [4.78, 5) is 14.4. The number of aryl methyl sites for hydroxylation is 1. The van der Waals surface area contributed by atoms with Crippen LogP contribution in [0.5, 0.6) is 0 Å². The molecule has 0 spiro atoms. The smallest absolute Gasteiger partial charge is 0.239 e. The molecule has 0 fully saturated rings. The summed E-state index contributed by atoms with van der Waals surface area (Å²) in [6.45, 7) is 7.33. The van der Waals surface area contributed by atoms with Crippen LogP contribution in [-0.4, -0.2) is 19.0 Å². The third kappa shape index (κ3) is 4.10. The van der Waals surface area contributed by atoms with E-state index in [9.17, 15) is 4.79 Å². The molecular formula is C19H24N2O. The molecule has 0 radical (unpaired) electrons. The fourth-order valence-corrected chi connectivity index (χ4v) is 2.64. The molecule has 3 nitrogen and oxygen atoms in total. The van der Waals surface area contributed by atoms with E-state index in [0.717, 1.165) is 12.2 Å². The fraction of sp³-hybridized carbons (Fsp3) is 0.316. The molecule has 2 rings (SSSR count). The van der Waals surface area contributed by atoms with Gasteiger partial charge in [-0.3, -0.25) is 4.79 Å². The van der Waals surface area contributed by atoms with Gasteiger partial charge in [-0.1, -0.05) is 42.5 Å². The lowest BCUT2D eigenvalue weighted by molar-refractivity contribution is -0.120. The van der Waals surface area contributed by atoms with Gasteiger partial charge < -0.3 is 10.2 Å². The number of carbonyl (C=O) groups excluding carboxylic acids is 1. The molecular weight excluding hydrogens is 272 g/mol. The molecule has 3 heteroatoms. The van der Waals surface area contributed by atoms with Crippen molar-refractivity contribution in [3.05, 3.63) is 65.7 Å². The molecule has 1 unspecified atom stereocenters. The maximum atomic E-state index is 12.3. The number of carbonyl (C=O) groups is 1. The summed E-state index contributed by atoms with van der Waals surface area (Å²) in [6.07, 6.45) is 0. The van der Waals surface area contributed by atoms with Crippen molar-refractivity contribution in [3.8, 4) is 0 Å². The summed E-state index contributed by atoms with van der Waals surface area (Å²) in [7, 11) is 0. The zero-order valence-corrected chi connectivity index (χ0v) is 13.5. The minimum atomic E-state index is 0.0168. The summed E-state index contributed by atoms with van der Waals surface area (Å²) in [5.41, 5.74) is 3.44. The van der Waals surface area contributed by atoms with Crippen LogP contribution in [0.2, 0.25) is 0 Å². The molecule has 0 heterocycles. The summed E-state index contributed by atoms with van der Waals surface area (Å²) in [5.74, 6) is 0.0430. The van der Waals surface area contributed by atoms with Crippen molar-refractivity contribution in [2.45, 2.75) is 26.8 Å². The number of rotatable bonds is 6. The third-order valence-electron chi connectivity index (χ3n) is 3.87. The Morgan fingerprint density at radius 3 is 2.36 bits per heavy atom. The molecule has 2 aromatic carbocycles. The van der Waals surface area contributed by atoms with Gasteiger partial charge in [-0.05, 0) is 44.0 Å². The quantitative estimate of drug-likeness (QED) is 0.881. The molecule has 22 heavy (non-hydrogen) atoms. The van der Waals surface area contributed by atoms with E-state index in [1.54, 1.807) is 0 Å². The van der Waals surface area contributed by atoms with Crippen LogP contribution in [0.25, 0.3) is 0 Å². The van der Waals surface area contributed by atoms with E-state index in [4.69, 9.17) is 0 Å². The van der Waals surface area contributed by atoms with Crippen LogP contribution in [0.1, 0.15) is 31.0 Å². The van der Waals surface area contributed by atoms with Gasteiger partial charge in [0.15, 0.2) is 0 Å². The molecule has 0 saturated heterocycles. The number of hydrogen-bond acceptors (Lipinski definition) is 2. The van der Waals surface area contributed by atoms with Gasteiger partial charge in [0.25, 0.3) is 0 Å². The molecule has 0 aliphatic heterocycles. The van der Waals surface area contributed by atoms with E-state index in [0.29, 0.717) is 6.54 Å². The number of amides is 1. The first kappa shape index (κ1) is 16.1. The number of nitrogens with one attached hydrogen (secondary N) is 1. The van der Waals surface area contributed by atoms with Gasteiger partial charge >= 0.3 is 0 Å². The highest BCUT2D eigenvalue weighted by Gasteiger charge is 2.14. The second kappa shape index (κ2) is 7.64. The fourth-order valence-electron chi connectivity index (χ4n) is 2.64. The van der Waals surface area contributed by atoms with Crippen molar-refractivity contribution in [2.24, 2.45) is 0 Å². The Morgan fingerprint density at radius 1 is 1.09 bits per heavy atom. The van der Waals surface area contributed by atoms with Crippen LogP contribution in [0.15, 0.2) is 54.6 Å². The normalized spacial score (nSPS) is 11.8. The van der Waals surface area contributed by atoms with E-state index in [2.05, 4.69) is 36.2 Å². The van der Waals surface area contributed by atoms with Gasteiger partial charge in [0, 0.05) is 12.2 Å². The van der Waals surface area contributed by atoms with Gasteiger partial charge in [-0.25, -0.2) is 0 Å². The van der Waals surface area contributed by atoms with Crippen LogP contribution < -0.4 is 10.2 Å². The van der Waals surface area contributed by atoms with Crippen LogP contribution in [0.4, 0.5) is 5.69 Å². The van der Waals surface area contributed by atoms with Gasteiger partial charge in [-0.2, -0.15) is 0 Å². The Hall–Kier alpha value is -2.29. The standard InChI is InChI=1S/C19H24N2O/c1-4-21(17-11-6-5-7-12-17)14-19(22)20-16(3)18-13-9-8-10-15(18)2/h5-13,16H,4,14H2,1-3H3,(H,20,22). The van der Waals surface area contributed by atoms with Gasteiger partial charge in [0.05, 0.1) is 12.6 Å². The Kier molecular flexibility index (Phi) is 5.59. The predicted octanol–water partition coefficient (Wildman–Crippen LogP) is 3.70. The molecule has 1 N–H and O–H groups in total. The molecule has 0 aromatic heterocycles. The van der Waals surface area contributed by atoms with E-state index in [1.165, 1.54) is 11.1 Å². The molecule has 0 bridgehead atoms. The minimum absolute atomic E-state index is 0.0168. The number of nitrogens with zero attached hydrogens (tertiary/aromatic N) is 1. The number of para-hydroxylation sites is 1. The first-order valence-electron chi connectivity index (χ1n) is 7.76. The van der Waals surface area contributed by atoms with Crippen molar-refractivity contribution < 1.29 is 4.79 Å². The van der Waals surface area contributed by atoms with E-state index in [-0.39, 0.29) is 11.9 Å². The summed E-state index contributed by atoms with van der Waals surface area (Å²) >= 11 is 0. The van der Waals surface area contributed by atoms with E-state index >= 15 is 0 Å². The maximum absolute atomic E-state index is 12.3. The van der Waals surface area contributed by atoms with Crippen molar-refractivity contribution in [1.29, 1.82) is 0 Å². The zero-order valence-electron chi connectivity index (χ0n) is 13.5. The molecule has 2 aromatic rings. The molecule has 1 atom stereocenters. The average Bonchev–Trinajstić information content (AvgIpc) is 2.53. The van der Waals surface area contributed by atoms with E-state index in [1.807, 2.05) is 49.4 Å². The Morgan fingerprint density at radius 2 is 1.73 bits per heavy atom. The lowest BCUT2D eigenvalue weighted by Gasteiger charge is -2.24. The van der Waals surface area contributed by atoms with Gasteiger partial charge in [0.2, 0.25) is 5.91 Å². The first-order valence-corrected chi connectivity index (χ1v) is 7.76. The highest BCUT2D eigenvalue weighted by Crippen LogP contribution is 2.17. The largest absolute Gasteiger partial charge is 0.363 e. The number of likely N-dealkylation sites (N-methyl/N-ethyl adjacent to an activating group) is 1. The zero-order chi connectivity index (χ0) is 15.9. The second-order valence-corrected chi connectivity index (χ2v) is 5.50. The number of anilines is 1. The summed E-state index contributed by atoms with van der Waals surface area (Å²) in [6, 6.07) is 18.2. The molecule has 1 amide bonds. The lowest BCUT2D eigenvalue weighted by Crippen LogP contribution is -2.38. The Balaban J connectivity index is 1.99. The lowest BCUT2D eigenvalue weighted by atomic mass is 10.0. The second-order valence-electron chi connectivity index (χ2n) is 5.50. The number of benzene rings is 2. The van der Waals surface area contributed by atoms with Crippen LogP contribution >= 0.6 is 0 Å². The van der Waals surface area contributed by atoms with Crippen LogP contribution in [-0.2, 0) is 4.79 Å². The van der Waals surface area contributed by atoms with Crippen molar-refractivity contribution in [3.63, 3.8) is 0 Å². The monoisotopic (exact) mass is 296 g/mol. The maximum Gasteiger partial charge on any atom is 0.239 e. The van der Waals surface area contributed by atoms with Crippen molar-refractivity contribution in [1.82, 2.24) is 5.32 Å². The molecule has 0 saturated carbocycles. The minimum Gasteiger partial charge on any atom is -0.363 e. The first-order chi connectivity index (χ1) is 10.6. The summed E-state index contributed by atoms with van der Waals surface area (Å²) in [5, 5.41) is 3.09. The average molecular weight is 296 g/mol. The SMILES string of the molecule is CCN(CC(=O)NC(C)c1ccccc1C)c1ccccc1. The highest BCUT2D eigenvalue weighted by atomic mass is 16.2. The molecule has 0 aliphatic carbocycles. The van der Waals surface area contributed by atoms with Gasteiger partial charge in [0.1, 0.15) is 0 Å². The van der Waals surface area contributed by atoms with Crippen molar-refractivity contribution in [2.75, 3.05) is 18.0 Å². The summed E-state index contributed by atoms with van der Waals surface area (Å²) < 4.78 is 0. The topological polar surface area (TPSA) is 32.3 Å². The highest BCUT2D eigenvalue weighted by molar-refractivity contribution is 5.81. The van der Waals surface area contributed by atoms with Crippen LogP contribution in [0, 0.1) is 6.92 Å². The Labute approximate surface area is 133 Å². The molecule has 116 valence electrons. The van der Waals surface area contributed by atoms with Gasteiger partial charge in [-0.15, -0.1) is 0 Å². The van der Waals surface area contributed by atoms with Crippen LogP contribution in [0.3, 0.4) is 0 Å². The third-order valence-corrected chi connectivity index (χ3v) is 3.87. The molecule has 0 aliphatic rings. The van der Waals surface area contributed by atoms with Crippen molar-refractivity contribution >= 4 is 11.6 Å². The predicted molar refractivity (Wildman–Crippen MR) is 92.1 cm³/mol. The Bertz CT molecular complexity index is 610. The van der Waals surface area contributed by atoms with E-state index < -0.39 is 0 Å². The number of hydrogen-bond donors (Lipinski definition) is 1.